The van der Waals surface area contributed by atoms with E-state index in [9.17, 15) is 61.0 Å². The summed E-state index contributed by atoms with van der Waals surface area (Å²) in [4.78, 5) is 12.2. The Labute approximate surface area is 262 Å². The van der Waals surface area contributed by atoms with Crippen molar-refractivity contribution in [2.45, 2.75) is 144 Å². The fraction of sp³-hybridized carbons (Fsp3) is 0.962. The van der Waals surface area contributed by atoms with Gasteiger partial charge in [-0.05, 0) is 13.8 Å². The second kappa shape index (κ2) is 15.5. The SMILES string of the molecule is CC(=O)NC1C(O)OC(CO)C(OC2OC(C)C(O)C(O)C2O)C1OC1OC(CO)C(O)C(O)C1OC1OC(C)C(O)C(O)C1O. The van der Waals surface area contributed by atoms with Gasteiger partial charge in [-0.15, -0.1) is 0 Å². The number of aliphatic hydroxyl groups is 11. The largest absolute Gasteiger partial charge is 0.394 e. The summed E-state index contributed by atoms with van der Waals surface area (Å²) in [5, 5.41) is 117. The van der Waals surface area contributed by atoms with Crippen LogP contribution in [-0.4, -0.2) is 198 Å². The quantitative estimate of drug-likeness (QED) is 0.108. The third-order valence-electron chi connectivity index (χ3n) is 8.53. The summed E-state index contributed by atoms with van der Waals surface area (Å²) in [6.45, 7) is 2.15. The van der Waals surface area contributed by atoms with E-state index in [4.69, 9.17) is 33.2 Å². The lowest BCUT2D eigenvalue weighted by Crippen LogP contribution is -2.70. The molecule has 20 heteroatoms. The van der Waals surface area contributed by atoms with Crippen molar-refractivity contribution in [3.63, 3.8) is 0 Å². The van der Waals surface area contributed by atoms with Crippen molar-refractivity contribution in [3.8, 4) is 0 Å². The highest BCUT2D eigenvalue weighted by Crippen LogP contribution is 2.35. The highest BCUT2D eigenvalue weighted by molar-refractivity contribution is 5.73. The molecule has 0 aliphatic carbocycles. The second-order valence-electron chi connectivity index (χ2n) is 11.8. The first kappa shape index (κ1) is 37.6. The predicted molar refractivity (Wildman–Crippen MR) is 143 cm³/mol. The summed E-state index contributed by atoms with van der Waals surface area (Å²) in [6, 6.07) is -1.53. The highest BCUT2D eigenvalue weighted by atomic mass is 16.8. The van der Waals surface area contributed by atoms with Crippen LogP contribution in [0, 0.1) is 0 Å². The van der Waals surface area contributed by atoms with E-state index in [1.54, 1.807) is 0 Å². The third kappa shape index (κ3) is 7.64. The van der Waals surface area contributed by atoms with Gasteiger partial charge < -0.3 is 94.6 Å². The lowest BCUT2D eigenvalue weighted by atomic mass is 9.94. The van der Waals surface area contributed by atoms with E-state index in [-0.39, 0.29) is 0 Å². The Hall–Kier alpha value is -1.25. The van der Waals surface area contributed by atoms with Gasteiger partial charge in [0.15, 0.2) is 25.2 Å². The first-order chi connectivity index (χ1) is 21.6. The first-order valence-corrected chi connectivity index (χ1v) is 14.8. The third-order valence-corrected chi connectivity index (χ3v) is 8.53. The van der Waals surface area contributed by atoms with Crippen LogP contribution in [0.25, 0.3) is 0 Å². The van der Waals surface area contributed by atoms with Gasteiger partial charge in [-0.1, -0.05) is 0 Å². The van der Waals surface area contributed by atoms with Crippen molar-refractivity contribution >= 4 is 5.91 Å². The zero-order valence-electron chi connectivity index (χ0n) is 25.1. The first-order valence-electron chi connectivity index (χ1n) is 14.8. The normalized spacial score (nSPS) is 51.9. The smallest absolute Gasteiger partial charge is 0.217 e. The van der Waals surface area contributed by atoms with Crippen molar-refractivity contribution in [2.24, 2.45) is 0 Å². The van der Waals surface area contributed by atoms with Crippen LogP contribution in [0.4, 0.5) is 0 Å². The zero-order valence-corrected chi connectivity index (χ0v) is 25.1. The number of hydrogen-bond donors (Lipinski definition) is 12. The van der Waals surface area contributed by atoms with E-state index in [0.717, 1.165) is 6.92 Å². The maximum Gasteiger partial charge on any atom is 0.217 e. The van der Waals surface area contributed by atoms with Crippen LogP contribution in [0.2, 0.25) is 0 Å². The fourth-order valence-corrected chi connectivity index (χ4v) is 5.81. The second-order valence-corrected chi connectivity index (χ2v) is 11.8. The van der Waals surface area contributed by atoms with Crippen molar-refractivity contribution in [3.05, 3.63) is 0 Å². The fourth-order valence-electron chi connectivity index (χ4n) is 5.81. The summed E-state index contributed by atoms with van der Waals surface area (Å²) in [7, 11) is 0. The molecule has 46 heavy (non-hydrogen) atoms. The van der Waals surface area contributed by atoms with E-state index in [2.05, 4.69) is 5.32 Å². The molecule has 20 unspecified atom stereocenters. The van der Waals surface area contributed by atoms with Gasteiger partial charge in [-0.25, -0.2) is 0 Å². The number of carbonyl (C=O) groups excluding carboxylic acids is 1. The van der Waals surface area contributed by atoms with Gasteiger partial charge in [-0.3, -0.25) is 4.79 Å². The molecule has 0 bridgehead atoms. The molecular weight excluding hydrogens is 630 g/mol. The van der Waals surface area contributed by atoms with Gasteiger partial charge in [-0.2, -0.15) is 0 Å². The van der Waals surface area contributed by atoms with Crippen LogP contribution >= 0.6 is 0 Å². The molecule has 4 saturated heterocycles. The molecule has 1 amide bonds. The molecular formula is C26H45NO19. The summed E-state index contributed by atoms with van der Waals surface area (Å²) in [5.74, 6) is -0.704. The molecule has 0 radical (unpaired) electrons. The molecule has 4 fully saturated rings. The minimum absolute atomic E-state index is 0.704. The Morgan fingerprint density at radius 1 is 0.565 bits per heavy atom. The lowest BCUT2D eigenvalue weighted by molar-refractivity contribution is -0.390. The van der Waals surface area contributed by atoms with Gasteiger partial charge in [0.2, 0.25) is 5.91 Å². The van der Waals surface area contributed by atoms with Crippen LogP contribution in [-0.2, 0) is 38.0 Å². The molecule has 0 aromatic carbocycles. The molecule has 20 nitrogen and oxygen atoms in total. The topological polar surface area (TPSA) is 316 Å². The van der Waals surface area contributed by atoms with E-state index in [1.165, 1.54) is 13.8 Å². The average molecular weight is 676 g/mol. The van der Waals surface area contributed by atoms with Gasteiger partial charge in [0.05, 0.1) is 25.4 Å². The maximum absolute atomic E-state index is 12.2. The molecule has 4 aliphatic rings. The van der Waals surface area contributed by atoms with Crippen molar-refractivity contribution < 1.29 is 94.1 Å². The Bertz CT molecular complexity index is 997. The Morgan fingerprint density at radius 2 is 1.04 bits per heavy atom. The number of hydrogen-bond acceptors (Lipinski definition) is 19. The highest BCUT2D eigenvalue weighted by Gasteiger charge is 2.56. The van der Waals surface area contributed by atoms with E-state index >= 15 is 0 Å². The Morgan fingerprint density at radius 3 is 1.52 bits per heavy atom. The standard InChI is InChI=1S/C26H45NO19/c1-6-12(31)15(34)18(37)24(40-6)44-20-10(5-29)42-23(39)11(27-8(3)30)21(20)45-26-22(17(36)14(33)9(4-28)43-26)46-25-19(38)16(35)13(32)7(2)41-25/h6-7,9-26,28-29,31-39H,4-5H2,1-3H3,(H,27,30). The van der Waals surface area contributed by atoms with Crippen LogP contribution in [0.15, 0.2) is 0 Å². The van der Waals surface area contributed by atoms with Gasteiger partial charge in [0.1, 0.15) is 85.4 Å². The Balaban J connectivity index is 1.69. The lowest BCUT2D eigenvalue weighted by Gasteiger charge is -2.50. The number of ether oxygens (including phenoxy) is 7. The van der Waals surface area contributed by atoms with Crippen LogP contribution in [0.3, 0.4) is 0 Å². The molecule has 20 atom stereocenters. The number of nitrogens with one attached hydrogen (secondary N) is 1. The maximum atomic E-state index is 12.2. The van der Waals surface area contributed by atoms with Gasteiger partial charge in [0.25, 0.3) is 0 Å². The number of rotatable bonds is 9. The number of carbonyl (C=O) groups is 1. The molecule has 12 N–H and O–H groups in total. The van der Waals surface area contributed by atoms with Crippen LogP contribution < -0.4 is 5.32 Å². The summed E-state index contributed by atoms with van der Waals surface area (Å²) < 4.78 is 39.8. The number of aliphatic hydroxyl groups excluding tert-OH is 11. The Kier molecular flexibility index (Phi) is 12.7. The van der Waals surface area contributed by atoms with Crippen molar-refractivity contribution in [1.82, 2.24) is 5.32 Å². The molecule has 0 aromatic rings. The predicted octanol–water partition coefficient (Wildman–Crippen LogP) is -7.55. The minimum Gasteiger partial charge on any atom is -0.394 e. The minimum atomic E-state index is -1.93. The molecule has 0 aromatic heterocycles. The molecule has 4 aliphatic heterocycles. The number of amides is 1. The molecule has 4 heterocycles. The van der Waals surface area contributed by atoms with Gasteiger partial charge in [0, 0.05) is 6.92 Å². The van der Waals surface area contributed by atoms with E-state index < -0.39 is 142 Å². The molecule has 0 spiro atoms. The summed E-state index contributed by atoms with van der Waals surface area (Å²) >= 11 is 0. The van der Waals surface area contributed by atoms with Crippen molar-refractivity contribution in [2.75, 3.05) is 13.2 Å². The van der Waals surface area contributed by atoms with E-state index in [0.29, 0.717) is 0 Å². The molecule has 268 valence electrons. The summed E-state index contributed by atoms with van der Waals surface area (Å²) in [6.07, 6.45) is -31.2. The molecule has 0 saturated carbocycles. The van der Waals surface area contributed by atoms with Crippen LogP contribution in [0.5, 0.6) is 0 Å². The molecule has 4 rings (SSSR count). The van der Waals surface area contributed by atoms with Crippen LogP contribution in [0.1, 0.15) is 20.8 Å². The van der Waals surface area contributed by atoms with Crippen molar-refractivity contribution in [1.29, 1.82) is 0 Å². The van der Waals surface area contributed by atoms with E-state index in [1.807, 2.05) is 0 Å². The average Bonchev–Trinajstić information content (AvgIpc) is 3.01. The van der Waals surface area contributed by atoms with Gasteiger partial charge >= 0.3 is 0 Å². The monoisotopic (exact) mass is 675 g/mol. The summed E-state index contributed by atoms with van der Waals surface area (Å²) in [5.41, 5.74) is 0. The zero-order chi connectivity index (χ0) is 34.2.